The van der Waals surface area contributed by atoms with Crippen LogP contribution in [0.3, 0.4) is 0 Å². The third-order valence-corrected chi connectivity index (χ3v) is 4.79. The monoisotopic (exact) mass is 486 g/mol. The summed E-state index contributed by atoms with van der Waals surface area (Å²) in [5.41, 5.74) is 3.40. The lowest BCUT2D eigenvalue weighted by Gasteiger charge is -2.39. The van der Waals surface area contributed by atoms with Crippen LogP contribution in [-0.4, -0.2) is 59.7 Å². The van der Waals surface area contributed by atoms with Crippen molar-refractivity contribution < 1.29 is 9.53 Å². The highest BCUT2D eigenvalue weighted by atomic mass is 127. The molecule has 1 N–H and O–H groups in total. The second-order valence-electron chi connectivity index (χ2n) is 8.22. The Morgan fingerprint density at radius 1 is 1.30 bits per heavy atom. The van der Waals surface area contributed by atoms with E-state index in [-0.39, 0.29) is 36.1 Å². The zero-order chi connectivity index (χ0) is 18.9. The van der Waals surface area contributed by atoms with E-state index in [0.717, 1.165) is 19.0 Å². The molecule has 0 aliphatic carbocycles. The van der Waals surface area contributed by atoms with Crippen molar-refractivity contribution in [2.45, 2.75) is 52.8 Å². The van der Waals surface area contributed by atoms with E-state index >= 15 is 0 Å². The zero-order valence-corrected chi connectivity index (χ0v) is 19.2. The van der Waals surface area contributed by atoms with Gasteiger partial charge < -0.3 is 19.9 Å². The highest BCUT2D eigenvalue weighted by Crippen LogP contribution is 2.19. The molecule has 0 saturated carbocycles. The highest BCUT2D eigenvalue weighted by Gasteiger charge is 2.36. The van der Waals surface area contributed by atoms with Crippen LogP contribution in [0.2, 0.25) is 0 Å². The molecule has 7 heteroatoms. The van der Waals surface area contributed by atoms with E-state index in [2.05, 4.69) is 47.3 Å². The molecule has 1 unspecified atom stereocenters. The molecule has 0 radical (unpaired) electrons. The zero-order valence-electron chi connectivity index (χ0n) is 16.9. The van der Waals surface area contributed by atoms with Crippen LogP contribution >= 0.6 is 24.0 Å². The third kappa shape index (κ3) is 5.49. The normalized spacial score (nSPS) is 19.1. The molecule has 0 spiro atoms. The van der Waals surface area contributed by atoms with Gasteiger partial charge in [-0.05, 0) is 45.7 Å². The van der Waals surface area contributed by atoms with E-state index in [1.807, 2.05) is 20.8 Å². The van der Waals surface area contributed by atoms with Gasteiger partial charge in [0.05, 0.1) is 12.6 Å². The van der Waals surface area contributed by atoms with Gasteiger partial charge in [-0.1, -0.05) is 23.8 Å². The molecule has 2 aliphatic rings. The number of rotatable bonds is 2. The van der Waals surface area contributed by atoms with Crippen LogP contribution < -0.4 is 5.32 Å². The smallest absolute Gasteiger partial charge is 0.410 e. The molecule has 1 aromatic rings. The average molecular weight is 486 g/mol. The quantitative estimate of drug-likeness (QED) is 0.652. The highest BCUT2D eigenvalue weighted by molar-refractivity contribution is 14.0. The first-order valence-electron chi connectivity index (χ1n) is 9.32. The Morgan fingerprint density at radius 2 is 2.04 bits per heavy atom. The molecule has 2 aliphatic heterocycles. The summed E-state index contributed by atoms with van der Waals surface area (Å²) in [6, 6.07) is 6.75. The number of nitrogens with one attached hydrogen (secondary N) is 1. The maximum absolute atomic E-state index is 12.3. The van der Waals surface area contributed by atoms with Gasteiger partial charge in [0, 0.05) is 26.2 Å². The first kappa shape index (κ1) is 21.8. The average Bonchev–Trinajstić information content (AvgIpc) is 2.95. The van der Waals surface area contributed by atoms with Gasteiger partial charge in [0.25, 0.3) is 0 Å². The molecule has 3 rings (SSSR count). The Kier molecular flexibility index (Phi) is 6.99. The number of carbonyl (C=O) groups excluding carboxylic acids is 1. The molecule has 1 aromatic carbocycles. The maximum Gasteiger partial charge on any atom is 0.410 e. The van der Waals surface area contributed by atoms with Crippen molar-refractivity contribution in [1.29, 1.82) is 0 Å². The van der Waals surface area contributed by atoms with E-state index < -0.39 is 5.60 Å². The van der Waals surface area contributed by atoms with Crippen LogP contribution in [0.5, 0.6) is 0 Å². The topological polar surface area (TPSA) is 57.2 Å². The number of fused-ring (bicyclic) bond motifs is 1. The van der Waals surface area contributed by atoms with E-state index in [1.165, 1.54) is 16.7 Å². The number of nitrogens with zero attached hydrogens (tertiary/aromatic N) is 3. The van der Waals surface area contributed by atoms with Crippen molar-refractivity contribution in [3.63, 3.8) is 0 Å². The molecule has 150 valence electrons. The Labute approximate surface area is 179 Å². The van der Waals surface area contributed by atoms with Crippen LogP contribution in [0, 0.1) is 13.8 Å². The van der Waals surface area contributed by atoms with Crippen LogP contribution in [-0.2, 0) is 11.3 Å². The molecule has 0 bridgehead atoms. The molecule has 2 heterocycles. The number of aryl methyl sites for hydroxylation is 2. The summed E-state index contributed by atoms with van der Waals surface area (Å²) in [6.07, 6.45) is -0.228. The molecule has 1 fully saturated rings. The Balaban J connectivity index is 0.00000261. The lowest BCUT2D eigenvalue weighted by atomic mass is 10.1. The molecule has 6 nitrogen and oxygen atoms in total. The standard InChI is InChI=1S/C20H30N4O2.HI/c1-14-6-7-16(15(2)10-14)11-21-18-22-12-17-13-23(8-9-24(17)18)19(25)26-20(3,4)5;/h6-7,10,17H,8-9,11-13H2,1-5H3,(H,21,22);1H. The van der Waals surface area contributed by atoms with Crippen molar-refractivity contribution in [2.24, 2.45) is 4.99 Å². The fourth-order valence-electron chi connectivity index (χ4n) is 3.44. The molecular formula is C20H31IN4O2. The van der Waals surface area contributed by atoms with Gasteiger partial charge in [0.1, 0.15) is 5.60 Å². The Bertz CT molecular complexity index is 714. The van der Waals surface area contributed by atoms with Crippen molar-refractivity contribution in [3.05, 3.63) is 34.9 Å². The van der Waals surface area contributed by atoms with Crippen molar-refractivity contribution >= 4 is 36.0 Å². The van der Waals surface area contributed by atoms with E-state index in [1.54, 1.807) is 4.90 Å². The van der Waals surface area contributed by atoms with Gasteiger partial charge in [-0.2, -0.15) is 0 Å². The minimum Gasteiger partial charge on any atom is -0.444 e. The van der Waals surface area contributed by atoms with Gasteiger partial charge in [0.15, 0.2) is 5.96 Å². The van der Waals surface area contributed by atoms with E-state index in [9.17, 15) is 4.79 Å². The summed E-state index contributed by atoms with van der Waals surface area (Å²) in [4.78, 5) is 21.0. The number of hydrogen-bond acceptors (Lipinski definition) is 5. The summed E-state index contributed by atoms with van der Waals surface area (Å²) in [6.45, 7) is 13.5. The summed E-state index contributed by atoms with van der Waals surface area (Å²) < 4.78 is 5.50. The van der Waals surface area contributed by atoms with Gasteiger partial charge >= 0.3 is 6.09 Å². The predicted molar refractivity (Wildman–Crippen MR) is 119 cm³/mol. The summed E-state index contributed by atoms with van der Waals surface area (Å²) in [5.74, 6) is 0.943. The van der Waals surface area contributed by atoms with Crippen LogP contribution in [0.15, 0.2) is 23.2 Å². The van der Waals surface area contributed by atoms with Crippen LogP contribution in [0.1, 0.15) is 37.5 Å². The largest absolute Gasteiger partial charge is 0.444 e. The summed E-state index contributed by atoms with van der Waals surface area (Å²) in [5, 5.41) is 3.48. The van der Waals surface area contributed by atoms with Gasteiger partial charge in [0.2, 0.25) is 0 Å². The third-order valence-electron chi connectivity index (χ3n) is 4.79. The molecule has 0 aromatic heterocycles. The first-order valence-corrected chi connectivity index (χ1v) is 9.32. The van der Waals surface area contributed by atoms with Gasteiger partial charge in [-0.15, -0.1) is 24.0 Å². The van der Waals surface area contributed by atoms with Crippen LogP contribution in [0.25, 0.3) is 0 Å². The summed E-state index contributed by atoms with van der Waals surface area (Å²) >= 11 is 0. The van der Waals surface area contributed by atoms with Crippen molar-refractivity contribution in [1.82, 2.24) is 15.1 Å². The number of hydrogen-bond donors (Lipinski definition) is 1. The maximum atomic E-state index is 12.3. The molecule has 1 saturated heterocycles. The molecular weight excluding hydrogens is 455 g/mol. The fraction of sp³-hybridized carbons (Fsp3) is 0.600. The number of piperazine rings is 1. The Hall–Kier alpha value is -1.51. The van der Waals surface area contributed by atoms with Gasteiger partial charge in [-0.3, -0.25) is 4.99 Å². The molecule has 27 heavy (non-hydrogen) atoms. The number of ether oxygens (including phenoxy) is 1. The lowest BCUT2D eigenvalue weighted by molar-refractivity contribution is 0.0137. The number of amides is 1. The number of guanidine groups is 1. The summed E-state index contributed by atoms with van der Waals surface area (Å²) in [7, 11) is 0. The number of halogens is 1. The van der Waals surface area contributed by atoms with E-state index in [4.69, 9.17) is 4.74 Å². The first-order chi connectivity index (χ1) is 12.2. The van der Waals surface area contributed by atoms with E-state index in [0.29, 0.717) is 19.6 Å². The predicted octanol–water partition coefficient (Wildman–Crippen LogP) is 3.30. The number of carbonyl (C=O) groups is 1. The SMILES string of the molecule is Cc1ccc(CNC2=NCC3CN(C(=O)OC(C)(C)C)CCN23)c(C)c1.I. The van der Waals surface area contributed by atoms with Crippen LogP contribution in [0.4, 0.5) is 4.79 Å². The Morgan fingerprint density at radius 3 is 2.70 bits per heavy atom. The fourth-order valence-corrected chi connectivity index (χ4v) is 3.44. The number of benzene rings is 1. The lowest BCUT2D eigenvalue weighted by Crippen LogP contribution is -2.57. The molecule has 1 amide bonds. The minimum absolute atomic E-state index is 0. The second kappa shape index (κ2) is 8.67. The van der Waals surface area contributed by atoms with Crippen molar-refractivity contribution in [2.75, 3.05) is 26.2 Å². The van der Waals surface area contributed by atoms with Gasteiger partial charge in [-0.25, -0.2) is 4.79 Å². The number of aliphatic imine (C=N–C) groups is 1. The molecule has 1 atom stereocenters. The second-order valence-corrected chi connectivity index (χ2v) is 8.22. The minimum atomic E-state index is -0.459. The van der Waals surface area contributed by atoms with Crippen molar-refractivity contribution in [3.8, 4) is 0 Å².